The quantitative estimate of drug-likeness (QED) is 0.880. The number of amides is 1. The molecule has 1 aromatic heterocycles. The normalized spacial score (nSPS) is 10.7. The van der Waals surface area contributed by atoms with Gasteiger partial charge in [0.25, 0.3) is 5.91 Å². The minimum Gasteiger partial charge on any atom is -0.397 e. The van der Waals surface area contributed by atoms with E-state index in [1.165, 1.54) is 16.2 Å². The molecule has 2 rings (SSSR count). The molecule has 0 spiro atoms. The van der Waals surface area contributed by atoms with Crippen molar-refractivity contribution < 1.29 is 4.79 Å². The molecule has 1 aromatic carbocycles. The molecule has 0 aliphatic carbocycles. The third-order valence-electron chi connectivity index (χ3n) is 2.29. The summed E-state index contributed by atoms with van der Waals surface area (Å²) in [6.45, 7) is 0. The Kier molecular flexibility index (Phi) is 2.90. The number of rotatable bonds is 1. The highest BCUT2D eigenvalue weighted by atomic mass is 79.9. The molecule has 84 valence electrons. The number of hydrogen-bond donors (Lipinski definition) is 1. The van der Waals surface area contributed by atoms with Gasteiger partial charge < -0.3 is 10.6 Å². The Hall–Kier alpha value is -1.07. The summed E-state index contributed by atoms with van der Waals surface area (Å²) in [7, 11) is 3.45. The fourth-order valence-corrected chi connectivity index (χ4v) is 3.15. The minimum atomic E-state index is -0.0465. The number of hydrogen-bond acceptors (Lipinski definition) is 3. The van der Waals surface area contributed by atoms with Crippen LogP contribution in [-0.2, 0) is 0 Å². The van der Waals surface area contributed by atoms with Gasteiger partial charge in [-0.05, 0) is 12.1 Å². The first-order chi connectivity index (χ1) is 7.50. The lowest BCUT2D eigenvalue weighted by molar-refractivity contribution is 0.0833. The first-order valence-electron chi connectivity index (χ1n) is 4.70. The molecule has 1 amide bonds. The number of nitrogens with zero attached hydrogens (tertiary/aromatic N) is 1. The number of carbonyl (C=O) groups is 1. The second-order valence-corrected chi connectivity index (χ2v) is 5.65. The number of carbonyl (C=O) groups excluding carboxylic acids is 1. The second kappa shape index (κ2) is 4.07. The van der Waals surface area contributed by atoms with Gasteiger partial charge in [0.05, 0.1) is 5.69 Å². The molecule has 3 nitrogen and oxygen atoms in total. The van der Waals surface area contributed by atoms with Crippen LogP contribution < -0.4 is 5.73 Å². The molecule has 2 aromatic rings. The van der Waals surface area contributed by atoms with Gasteiger partial charge in [0, 0.05) is 28.7 Å². The molecule has 0 radical (unpaired) electrons. The number of nitrogens with two attached hydrogens (primary N) is 1. The summed E-state index contributed by atoms with van der Waals surface area (Å²) in [5.74, 6) is -0.0465. The van der Waals surface area contributed by atoms with Crippen molar-refractivity contribution in [2.75, 3.05) is 19.8 Å². The van der Waals surface area contributed by atoms with Crippen LogP contribution in [0.5, 0.6) is 0 Å². The van der Waals surface area contributed by atoms with E-state index in [0.29, 0.717) is 10.6 Å². The lowest BCUT2D eigenvalue weighted by atomic mass is 10.2. The third kappa shape index (κ3) is 1.81. The molecule has 0 aliphatic rings. The topological polar surface area (TPSA) is 46.3 Å². The number of anilines is 1. The van der Waals surface area contributed by atoms with Gasteiger partial charge in [-0.15, -0.1) is 11.3 Å². The SMILES string of the molecule is CN(C)C(=O)c1sc2cc(Br)ccc2c1N. The Morgan fingerprint density at radius 2 is 2.12 bits per heavy atom. The molecule has 5 heteroatoms. The average molecular weight is 299 g/mol. The van der Waals surface area contributed by atoms with Crippen molar-refractivity contribution in [3.63, 3.8) is 0 Å². The highest BCUT2D eigenvalue weighted by Crippen LogP contribution is 2.35. The summed E-state index contributed by atoms with van der Waals surface area (Å²) in [5.41, 5.74) is 6.55. The van der Waals surface area contributed by atoms with Gasteiger partial charge >= 0.3 is 0 Å². The van der Waals surface area contributed by atoms with Crippen molar-refractivity contribution in [3.8, 4) is 0 Å². The van der Waals surface area contributed by atoms with Crippen LogP contribution in [0.4, 0.5) is 5.69 Å². The van der Waals surface area contributed by atoms with E-state index in [0.717, 1.165) is 14.6 Å². The number of benzene rings is 1. The van der Waals surface area contributed by atoms with E-state index in [1.54, 1.807) is 14.1 Å². The number of thiophene rings is 1. The molecule has 2 N–H and O–H groups in total. The summed E-state index contributed by atoms with van der Waals surface area (Å²) in [6, 6.07) is 5.83. The Morgan fingerprint density at radius 3 is 2.75 bits per heavy atom. The summed E-state index contributed by atoms with van der Waals surface area (Å²) < 4.78 is 2.02. The van der Waals surface area contributed by atoms with E-state index in [1.807, 2.05) is 18.2 Å². The van der Waals surface area contributed by atoms with E-state index in [-0.39, 0.29) is 5.91 Å². The zero-order chi connectivity index (χ0) is 11.9. The van der Waals surface area contributed by atoms with E-state index in [9.17, 15) is 4.79 Å². The van der Waals surface area contributed by atoms with Crippen LogP contribution in [-0.4, -0.2) is 24.9 Å². The van der Waals surface area contributed by atoms with Gasteiger partial charge in [-0.2, -0.15) is 0 Å². The third-order valence-corrected chi connectivity index (χ3v) is 3.94. The summed E-state index contributed by atoms with van der Waals surface area (Å²) >= 11 is 4.83. The maximum absolute atomic E-state index is 11.9. The Balaban J connectivity index is 2.64. The monoisotopic (exact) mass is 298 g/mol. The summed E-state index contributed by atoms with van der Waals surface area (Å²) in [5, 5.41) is 0.943. The largest absolute Gasteiger partial charge is 0.397 e. The molecule has 0 atom stereocenters. The number of nitrogen functional groups attached to an aromatic ring is 1. The van der Waals surface area contributed by atoms with E-state index in [2.05, 4.69) is 15.9 Å². The Labute approximate surface area is 106 Å². The molecule has 0 aliphatic heterocycles. The van der Waals surface area contributed by atoms with Crippen LogP contribution in [0.25, 0.3) is 10.1 Å². The van der Waals surface area contributed by atoms with Crippen molar-refractivity contribution in [1.29, 1.82) is 0 Å². The zero-order valence-electron chi connectivity index (χ0n) is 8.95. The van der Waals surface area contributed by atoms with Gasteiger partial charge in [-0.25, -0.2) is 0 Å². The zero-order valence-corrected chi connectivity index (χ0v) is 11.4. The molecule has 16 heavy (non-hydrogen) atoms. The minimum absolute atomic E-state index is 0.0465. The van der Waals surface area contributed by atoms with Crippen molar-refractivity contribution in [2.24, 2.45) is 0 Å². The standard InChI is InChI=1S/C11H11BrN2OS/c1-14(2)11(15)10-9(13)7-4-3-6(12)5-8(7)16-10/h3-5H,13H2,1-2H3. The van der Waals surface area contributed by atoms with Crippen molar-refractivity contribution in [3.05, 3.63) is 27.5 Å². The van der Waals surface area contributed by atoms with Crippen LogP contribution in [0.1, 0.15) is 9.67 Å². The van der Waals surface area contributed by atoms with E-state index < -0.39 is 0 Å². The fourth-order valence-electron chi connectivity index (χ4n) is 1.45. The predicted octanol–water partition coefficient (Wildman–Crippen LogP) is 2.95. The van der Waals surface area contributed by atoms with Gasteiger partial charge in [0.2, 0.25) is 0 Å². The molecule has 0 bridgehead atoms. The van der Waals surface area contributed by atoms with Crippen LogP contribution in [0.2, 0.25) is 0 Å². The highest BCUT2D eigenvalue weighted by Gasteiger charge is 2.17. The molecule has 0 fully saturated rings. The van der Waals surface area contributed by atoms with Gasteiger partial charge in [-0.3, -0.25) is 4.79 Å². The second-order valence-electron chi connectivity index (χ2n) is 3.68. The molecule has 0 saturated carbocycles. The molecule has 0 saturated heterocycles. The summed E-state index contributed by atoms with van der Waals surface area (Å²) in [4.78, 5) is 14.0. The van der Waals surface area contributed by atoms with Crippen molar-refractivity contribution >= 4 is 48.9 Å². The Morgan fingerprint density at radius 1 is 1.44 bits per heavy atom. The van der Waals surface area contributed by atoms with Crippen molar-refractivity contribution in [2.45, 2.75) is 0 Å². The van der Waals surface area contributed by atoms with Crippen molar-refractivity contribution in [1.82, 2.24) is 4.90 Å². The average Bonchev–Trinajstić information content (AvgIpc) is 2.54. The predicted molar refractivity (Wildman–Crippen MR) is 72.0 cm³/mol. The number of fused-ring (bicyclic) bond motifs is 1. The number of halogens is 1. The molecule has 0 unspecified atom stereocenters. The lowest BCUT2D eigenvalue weighted by Gasteiger charge is -2.08. The molecular weight excluding hydrogens is 288 g/mol. The van der Waals surface area contributed by atoms with Gasteiger partial charge in [0.1, 0.15) is 4.88 Å². The van der Waals surface area contributed by atoms with Crippen LogP contribution in [0, 0.1) is 0 Å². The highest BCUT2D eigenvalue weighted by molar-refractivity contribution is 9.10. The molecule has 1 heterocycles. The lowest BCUT2D eigenvalue weighted by Crippen LogP contribution is -2.21. The smallest absolute Gasteiger partial charge is 0.265 e. The van der Waals surface area contributed by atoms with Crippen LogP contribution in [0.15, 0.2) is 22.7 Å². The van der Waals surface area contributed by atoms with E-state index >= 15 is 0 Å². The maximum atomic E-state index is 11.9. The van der Waals surface area contributed by atoms with Gasteiger partial charge in [-0.1, -0.05) is 22.0 Å². The fraction of sp³-hybridized carbons (Fsp3) is 0.182. The van der Waals surface area contributed by atoms with Crippen LogP contribution >= 0.6 is 27.3 Å². The Bertz CT molecular complexity index is 562. The first-order valence-corrected chi connectivity index (χ1v) is 6.31. The molecular formula is C11H11BrN2OS. The van der Waals surface area contributed by atoms with E-state index in [4.69, 9.17) is 5.73 Å². The van der Waals surface area contributed by atoms with Crippen LogP contribution in [0.3, 0.4) is 0 Å². The van der Waals surface area contributed by atoms with Gasteiger partial charge in [0.15, 0.2) is 0 Å². The summed E-state index contributed by atoms with van der Waals surface area (Å²) in [6.07, 6.45) is 0. The maximum Gasteiger partial charge on any atom is 0.265 e. The first kappa shape index (κ1) is 11.4.